The molecule has 2 aromatic heterocycles. The Hall–Kier alpha value is -2.83. The molecule has 2 saturated heterocycles. The molecule has 2 radical (unpaired) electrons. The van der Waals surface area contributed by atoms with Crippen LogP contribution >= 0.6 is 7.82 Å². The smallest absolute Gasteiger partial charge is 0.451 e. The second kappa shape index (κ2) is 8.19. The molecule has 0 amide bonds. The standard InChI is InChI=1S/C19H20BN5O7P/c1-2-9-5-3-4-6-10(9)18(27)31-14-13-11(7-29-33(20,28)32-13)30-17(14)25-8-22-12-15(25)23-19(21)24-16(12)26/h3-6,8,11,13-14,17,28H,2,7H2,1H3,(H3,21,23,24,26)/q+1/t11-,13+,14?,17-,33?/m1/s1. The molecule has 0 spiro atoms. The van der Waals surface area contributed by atoms with Crippen molar-refractivity contribution in [2.75, 3.05) is 12.3 Å². The summed E-state index contributed by atoms with van der Waals surface area (Å²) in [4.78, 5) is 46.2. The monoisotopic (exact) mass is 472 g/mol. The number of anilines is 1. The number of aromatic nitrogens is 4. The predicted octanol–water partition coefficient (Wildman–Crippen LogP) is 0.641. The highest BCUT2D eigenvalue weighted by Gasteiger charge is 2.59. The Balaban J connectivity index is 1.55. The second-order valence-corrected chi connectivity index (χ2v) is 9.25. The van der Waals surface area contributed by atoms with Crippen LogP contribution in [0.25, 0.3) is 11.2 Å². The number of fused-ring (bicyclic) bond motifs is 2. The SMILES string of the molecule is [B][P+]1(O)OC[C@H]2O[C@@H](n3cnc4c(=O)[nH]c(N)nc43)C(OC(=O)c3ccccc3CC)[C@H]2O1. The number of aromatic amines is 1. The zero-order chi connectivity index (χ0) is 23.3. The van der Waals surface area contributed by atoms with Gasteiger partial charge in [-0.05, 0) is 18.1 Å². The quantitative estimate of drug-likeness (QED) is 0.279. The van der Waals surface area contributed by atoms with Crippen molar-refractivity contribution in [3.05, 3.63) is 52.1 Å². The average Bonchev–Trinajstić information content (AvgIpc) is 3.34. The molecule has 0 bridgehead atoms. The molecule has 2 aliphatic rings. The largest absolute Gasteiger partial charge is 0.488 e. The third kappa shape index (κ3) is 3.92. The van der Waals surface area contributed by atoms with Crippen LogP contribution in [0.15, 0.2) is 35.4 Å². The maximum Gasteiger partial charge on any atom is 0.488 e. The van der Waals surface area contributed by atoms with Crippen molar-refractivity contribution in [1.82, 2.24) is 19.5 Å². The number of aryl methyl sites for hydroxylation is 1. The van der Waals surface area contributed by atoms with E-state index in [-0.39, 0.29) is 23.7 Å². The Bertz CT molecular complexity index is 1280. The molecule has 1 aromatic carbocycles. The minimum absolute atomic E-state index is 0.0316. The highest BCUT2D eigenvalue weighted by molar-refractivity contribution is 7.85. The van der Waals surface area contributed by atoms with Gasteiger partial charge in [0.1, 0.15) is 12.7 Å². The first-order chi connectivity index (χ1) is 15.8. The van der Waals surface area contributed by atoms with E-state index in [4.69, 9.17) is 31.8 Å². The van der Waals surface area contributed by atoms with Gasteiger partial charge >= 0.3 is 21.4 Å². The van der Waals surface area contributed by atoms with E-state index >= 15 is 0 Å². The third-order valence-corrected chi connectivity index (χ3v) is 6.63. The molecule has 2 aliphatic heterocycles. The molecule has 0 saturated carbocycles. The molecule has 0 aliphatic carbocycles. The van der Waals surface area contributed by atoms with Crippen molar-refractivity contribution in [1.29, 1.82) is 0 Å². The van der Waals surface area contributed by atoms with Crippen LogP contribution in [0.4, 0.5) is 5.95 Å². The normalized spacial score (nSPS) is 29.2. The fraction of sp³-hybridized carbons (Fsp3) is 0.368. The third-order valence-electron chi connectivity index (χ3n) is 5.57. The van der Waals surface area contributed by atoms with E-state index in [1.54, 1.807) is 12.1 Å². The van der Waals surface area contributed by atoms with E-state index in [1.165, 1.54) is 10.9 Å². The maximum atomic E-state index is 13.1. The number of nitrogens with zero attached hydrogens (tertiary/aromatic N) is 3. The second-order valence-electron chi connectivity index (χ2n) is 7.65. The molecule has 5 atom stereocenters. The maximum absolute atomic E-state index is 13.1. The van der Waals surface area contributed by atoms with Gasteiger partial charge in [0, 0.05) is 0 Å². The van der Waals surface area contributed by atoms with Gasteiger partial charge in [0.15, 0.2) is 29.6 Å². The molecule has 2 fully saturated rings. The minimum Gasteiger partial charge on any atom is -0.451 e. The van der Waals surface area contributed by atoms with Gasteiger partial charge in [-0.3, -0.25) is 14.3 Å². The number of H-pyrrole nitrogens is 1. The number of ether oxygens (including phenoxy) is 2. The number of hydrogen-bond donors (Lipinski definition) is 3. The van der Waals surface area contributed by atoms with Gasteiger partial charge in [-0.25, -0.2) is 14.7 Å². The highest BCUT2D eigenvalue weighted by atomic mass is 31.2. The van der Waals surface area contributed by atoms with Gasteiger partial charge in [0.05, 0.1) is 11.9 Å². The first-order valence-corrected chi connectivity index (χ1v) is 11.8. The van der Waals surface area contributed by atoms with Crippen molar-refractivity contribution < 1.29 is 28.2 Å². The lowest BCUT2D eigenvalue weighted by molar-refractivity contribution is -0.0612. The van der Waals surface area contributed by atoms with Crippen molar-refractivity contribution in [2.45, 2.75) is 37.9 Å². The lowest BCUT2D eigenvalue weighted by Crippen LogP contribution is -2.42. The van der Waals surface area contributed by atoms with Crippen LogP contribution in [-0.4, -0.2) is 62.9 Å². The molecule has 33 heavy (non-hydrogen) atoms. The first kappa shape index (κ1) is 22.0. The highest BCUT2D eigenvalue weighted by Crippen LogP contribution is 2.59. The summed E-state index contributed by atoms with van der Waals surface area (Å²) in [7, 11) is 2.08. The zero-order valence-corrected chi connectivity index (χ0v) is 18.3. The van der Waals surface area contributed by atoms with Crippen LogP contribution in [0.2, 0.25) is 0 Å². The van der Waals surface area contributed by atoms with E-state index in [1.807, 2.05) is 19.1 Å². The van der Waals surface area contributed by atoms with Crippen LogP contribution in [0, 0.1) is 0 Å². The number of nitrogen functional groups attached to an aromatic ring is 1. The molecule has 4 N–H and O–H groups in total. The van der Waals surface area contributed by atoms with Crippen LogP contribution < -0.4 is 11.3 Å². The van der Waals surface area contributed by atoms with Gasteiger partial charge in [0.2, 0.25) is 5.95 Å². The fourth-order valence-corrected chi connectivity index (χ4v) is 5.07. The number of benzene rings is 1. The van der Waals surface area contributed by atoms with E-state index < -0.39 is 43.9 Å². The van der Waals surface area contributed by atoms with Gasteiger partial charge in [0.25, 0.3) is 5.56 Å². The fourth-order valence-electron chi connectivity index (χ4n) is 4.05. The summed E-state index contributed by atoms with van der Waals surface area (Å²) in [5.41, 5.74) is 6.53. The van der Waals surface area contributed by atoms with Crippen molar-refractivity contribution in [3.63, 3.8) is 0 Å². The Labute approximate surface area is 189 Å². The molecule has 5 rings (SSSR count). The van der Waals surface area contributed by atoms with Crippen LogP contribution in [0.3, 0.4) is 0 Å². The van der Waals surface area contributed by atoms with Crippen LogP contribution in [0.5, 0.6) is 0 Å². The molecular formula is C19H20BN5O7P+. The van der Waals surface area contributed by atoms with Gasteiger partial charge in [-0.1, -0.05) is 25.1 Å². The summed E-state index contributed by atoms with van der Waals surface area (Å²) in [5, 5.41) is 0. The number of rotatable bonds is 4. The summed E-state index contributed by atoms with van der Waals surface area (Å²) in [6.45, 7) is 1.85. The number of carbonyl (C=O) groups excluding carboxylic acids is 1. The first-order valence-electron chi connectivity index (χ1n) is 10.2. The summed E-state index contributed by atoms with van der Waals surface area (Å²) >= 11 is 0. The van der Waals surface area contributed by atoms with Crippen LogP contribution in [-0.2, 0) is 24.9 Å². The molecule has 2 unspecified atom stereocenters. The number of esters is 1. The Morgan fingerprint density at radius 2 is 2.24 bits per heavy atom. The molecule has 4 heterocycles. The van der Waals surface area contributed by atoms with Gasteiger partial charge < -0.3 is 15.2 Å². The number of hydrogen-bond acceptors (Lipinski definition) is 10. The molecular weight excluding hydrogens is 452 g/mol. The van der Waals surface area contributed by atoms with E-state index in [0.29, 0.717) is 12.0 Å². The predicted molar refractivity (Wildman–Crippen MR) is 117 cm³/mol. The van der Waals surface area contributed by atoms with E-state index in [9.17, 15) is 14.5 Å². The summed E-state index contributed by atoms with van der Waals surface area (Å²) in [6, 6.07) is 7.06. The van der Waals surface area contributed by atoms with Crippen LogP contribution in [0.1, 0.15) is 29.1 Å². The van der Waals surface area contributed by atoms with Crippen molar-refractivity contribution in [2.24, 2.45) is 0 Å². The number of imidazole rings is 1. The van der Waals surface area contributed by atoms with Gasteiger partial charge in [-0.15, -0.1) is 0 Å². The lowest BCUT2D eigenvalue weighted by atomic mass is 10.1. The number of nitrogens with two attached hydrogens (primary N) is 1. The Morgan fingerprint density at radius 3 is 3.03 bits per heavy atom. The zero-order valence-electron chi connectivity index (χ0n) is 17.5. The van der Waals surface area contributed by atoms with Crippen molar-refractivity contribution in [3.8, 4) is 0 Å². The molecule has 14 heteroatoms. The van der Waals surface area contributed by atoms with Crippen molar-refractivity contribution >= 4 is 38.5 Å². The Morgan fingerprint density at radius 1 is 1.45 bits per heavy atom. The minimum atomic E-state index is -3.63. The van der Waals surface area contributed by atoms with E-state index in [0.717, 1.165) is 5.56 Å². The Kier molecular flexibility index (Phi) is 5.46. The number of carbonyl (C=O) groups is 1. The summed E-state index contributed by atoms with van der Waals surface area (Å²) in [5.74, 6) is -0.715. The van der Waals surface area contributed by atoms with E-state index in [2.05, 4.69) is 15.0 Å². The summed E-state index contributed by atoms with van der Waals surface area (Å²) < 4.78 is 24.1. The van der Waals surface area contributed by atoms with Gasteiger partial charge in [-0.2, -0.15) is 14.0 Å². The topological polar surface area (TPSA) is 164 Å². The summed E-state index contributed by atoms with van der Waals surface area (Å²) in [6.07, 6.45) is -1.75. The molecule has 170 valence electrons. The number of nitrogens with one attached hydrogen (secondary N) is 1. The molecule has 12 nitrogen and oxygen atoms in total. The lowest BCUT2D eigenvalue weighted by Gasteiger charge is -2.29. The molecule has 3 aromatic rings. The average molecular weight is 472 g/mol.